The molecule has 0 atom stereocenters. The van der Waals surface area contributed by atoms with Crippen LogP contribution in [-0.2, 0) is 6.54 Å². The van der Waals surface area contributed by atoms with Gasteiger partial charge in [0.15, 0.2) is 11.6 Å². The van der Waals surface area contributed by atoms with Gasteiger partial charge >= 0.3 is 0 Å². The number of hydrogen-bond donors (Lipinski definition) is 1. The highest BCUT2D eigenvalue weighted by molar-refractivity contribution is 6.11. The highest BCUT2D eigenvalue weighted by atomic mass is 19.2. The van der Waals surface area contributed by atoms with Crippen LogP contribution < -0.4 is 4.90 Å². The second-order valence-electron chi connectivity index (χ2n) is 4.31. The molecule has 0 fully saturated rings. The molecule has 3 rings (SSSR count). The molecule has 0 bridgehead atoms. The summed E-state index contributed by atoms with van der Waals surface area (Å²) >= 11 is 0. The summed E-state index contributed by atoms with van der Waals surface area (Å²) in [6, 6.07) is 8.44. The number of nitrogens with zero attached hydrogens (tertiary/aromatic N) is 1. The zero-order valence-corrected chi connectivity index (χ0v) is 9.75. The van der Waals surface area contributed by atoms with Crippen molar-refractivity contribution in [2.75, 3.05) is 4.90 Å². The molecule has 96 valence electrons. The minimum Gasteiger partial charge on any atom is -0.319 e. The minimum atomic E-state index is -1.23. The van der Waals surface area contributed by atoms with Crippen LogP contribution >= 0.6 is 0 Å². The lowest BCUT2D eigenvalue weighted by Crippen LogP contribution is -2.24. The van der Waals surface area contributed by atoms with Gasteiger partial charge in [-0.2, -0.15) is 0 Å². The molecule has 19 heavy (non-hydrogen) atoms. The number of anilines is 1. The van der Waals surface area contributed by atoms with Crippen molar-refractivity contribution in [2.24, 2.45) is 0 Å². The van der Waals surface area contributed by atoms with E-state index in [1.54, 1.807) is 12.1 Å². The average molecular weight is 262 g/mol. The summed E-state index contributed by atoms with van der Waals surface area (Å²) in [5.74, 6) is -3.15. The number of hydrogen-bond acceptors (Lipinski definition) is 1. The van der Waals surface area contributed by atoms with Gasteiger partial charge in [0.2, 0.25) is 0 Å². The van der Waals surface area contributed by atoms with Crippen LogP contribution in [0.3, 0.4) is 0 Å². The van der Waals surface area contributed by atoms with Gasteiger partial charge in [-0.3, -0.25) is 5.41 Å². The Morgan fingerprint density at radius 2 is 1.63 bits per heavy atom. The molecule has 5 heteroatoms. The van der Waals surface area contributed by atoms with Gasteiger partial charge < -0.3 is 4.90 Å². The first-order valence-electron chi connectivity index (χ1n) is 5.67. The Labute approximate surface area is 107 Å². The van der Waals surface area contributed by atoms with Gasteiger partial charge in [-0.05, 0) is 5.56 Å². The van der Waals surface area contributed by atoms with Crippen LogP contribution in [0.15, 0.2) is 36.4 Å². The normalized spacial score (nSPS) is 13.8. The molecular formula is C14H9F3N2. The maximum Gasteiger partial charge on any atom is 0.161 e. The lowest BCUT2D eigenvalue weighted by molar-refractivity contribution is 0.495. The Kier molecular flexibility index (Phi) is 2.55. The van der Waals surface area contributed by atoms with Crippen LogP contribution in [0.1, 0.15) is 11.1 Å². The van der Waals surface area contributed by atoms with Crippen LogP contribution in [0.4, 0.5) is 18.9 Å². The third-order valence-electron chi connectivity index (χ3n) is 3.15. The molecular weight excluding hydrogens is 253 g/mol. The molecule has 0 aliphatic carbocycles. The molecule has 0 saturated carbocycles. The van der Waals surface area contributed by atoms with Crippen molar-refractivity contribution in [3.05, 3.63) is 65.0 Å². The summed E-state index contributed by atoms with van der Waals surface area (Å²) in [5.41, 5.74) is 1.41. The summed E-state index contributed by atoms with van der Waals surface area (Å²) in [7, 11) is 0. The predicted molar refractivity (Wildman–Crippen MR) is 65.8 cm³/mol. The molecule has 1 N–H and O–H groups in total. The topological polar surface area (TPSA) is 27.1 Å². The Hall–Kier alpha value is -2.30. The highest BCUT2D eigenvalue weighted by Crippen LogP contribution is 2.31. The van der Waals surface area contributed by atoms with Crippen LogP contribution in [0.25, 0.3) is 0 Å². The molecule has 0 radical (unpaired) electrons. The maximum absolute atomic E-state index is 13.7. The van der Waals surface area contributed by atoms with E-state index in [2.05, 4.69) is 0 Å². The molecule has 2 aromatic carbocycles. The lowest BCUT2D eigenvalue weighted by Gasteiger charge is -2.18. The molecule has 1 aliphatic heterocycles. The lowest BCUT2D eigenvalue weighted by atomic mass is 10.1. The molecule has 0 unspecified atom stereocenters. The summed E-state index contributed by atoms with van der Waals surface area (Å²) in [5, 5.41) is 7.99. The number of benzene rings is 2. The minimum absolute atomic E-state index is 0.0838. The van der Waals surface area contributed by atoms with E-state index >= 15 is 0 Å². The van der Waals surface area contributed by atoms with Crippen molar-refractivity contribution in [3.63, 3.8) is 0 Å². The average Bonchev–Trinajstić information content (AvgIpc) is 2.72. The summed E-state index contributed by atoms with van der Waals surface area (Å²) < 4.78 is 39.9. The first-order chi connectivity index (χ1) is 9.08. The van der Waals surface area contributed by atoms with E-state index in [0.717, 1.165) is 11.6 Å². The third-order valence-corrected chi connectivity index (χ3v) is 3.15. The van der Waals surface area contributed by atoms with Crippen LogP contribution in [0.5, 0.6) is 0 Å². The van der Waals surface area contributed by atoms with Gasteiger partial charge in [-0.25, -0.2) is 13.2 Å². The number of fused-ring (bicyclic) bond motifs is 1. The molecule has 2 aromatic rings. The third kappa shape index (κ3) is 1.78. The fourth-order valence-electron chi connectivity index (χ4n) is 2.21. The van der Waals surface area contributed by atoms with Crippen molar-refractivity contribution < 1.29 is 13.2 Å². The van der Waals surface area contributed by atoms with Crippen LogP contribution in [0.2, 0.25) is 0 Å². The Balaban J connectivity index is 2.07. The number of amidine groups is 1. The number of nitrogens with one attached hydrogen (secondary N) is 1. The second-order valence-corrected chi connectivity index (χ2v) is 4.31. The summed E-state index contributed by atoms with van der Waals surface area (Å²) in [6.45, 7) is 0.275. The maximum atomic E-state index is 13.7. The van der Waals surface area contributed by atoms with Gasteiger partial charge in [0.1, 0.15) is 11.7 Å². The van der Waals surface area contributed by atoms with Gasteiger partial charge in [0, 0.05) is 17.7 Å². The van der Waals surface area contributed by atoms with Crippen LogP contribution in [-0.4, -0.2) is 5.84 Å². The quantitative estimate of drug-likeness (QED) is 0.783. The fourth-order valence-corrected chi connectivity index (χ4v) is 2.21. The molecule has 0 amide bonds. The monoisotopic (exact) mass is 262 g/mol. The Morgan fingerprint density at radius 3 is 2.37 bits per heavy atom. The zero-order valence-electron chi connectivity index (χ0n) is 9.75. The van der Waals surface area contributed by atoms with Gasteiger partial charge in [-0.15, -0.1) is 0 Å². The highest BCUT2D eigenvalue weighted by Gasteiger charge is 2.27. The van der Waals surface area contributed by atoms with Crippen molar-refractivity contribution in [2.45, 2.75) is 6.54 Å². The number of halogens is 3. The van der Waals surface area contributed by atoms with E-state index in [0.29, 0.717) is 11.6 Å². The van der Waals surface area contributed by atoms with Crippen molar-refractivity contribution in [1.82, 2.24) is 0 Å². The number of rotatable bonds is 1. The largest absolute Gasteiger partial charge is 0.319 e. The van der Waals surface area contributed by atoms with Gasteiger partial charge in [0.25, 0.3) is 0 Å². The molecule has 1 aliphatic rings. The van der Waals surface area contributed by atoms with E-state index in [1.807, 2.05) is 12.1 Å². The molecule has 0 aromatic heterocycles. The van der Waals surface area contributed by atoms with E-state index in [9.17, 15) is 13.2 Å². The Morgan fingerprint density at radius 1 is 0.947 bits per heavy atom. The van der Waals surface area contributed by atoms with Crippen molar-refractivity contribution in [3.8, 4) is 0 Å². The molecule has 0 spiro atoms. The Bertz CT molecular complexity index is 682. The van der Waals surface area contributed by atoms with E-state index in [1.165, 1.54) is 4.90 Å². The smallest absolute Gasteiger partial charge is 0.161 e. The summed E-state index contributed by atoms with van der Waals surface area (Å²) in [4.78, 5) is 1.32. The van der Waals surface area contributed by atoms with E-state index in [4.69, 9.17) is 5.41 Å². The van der Waals surface area contributed by atoms with Gasteiger partial charge in [-0.1, -0.05) is 24.3 Å². The fraction of sp³-hybridized carbons (Fsp3) is 0.0714. The zero-order chi connectivity index (χ0) is 13.6. The summed E-state index contributed by atoms with van der Waals surface area (Å²) in [6.07, 6.45) is 0. The van der Waals surface area contributed by atoms with Crippen molar-refractivity contribution >= 4 is 11.5 Å². The molecule has 0 saturated heterocycles. The molecule has 1 heterocycles. The second kappa shape index (κ2) is 4.12. The van der Waals surface area contributed by atoms with E-state index in [-0.39, 0.29) is 18.1 Å². The first-order valence-corrected chi connectivity index (χ1v) is 5.67. The molecule has 2 nitrogen and oxygen atoms in total. The SMILES string of the molecule is N=C1c2ccccc2CN1c1cc(F)c(F)cc1F. The standard InChI is InChI=1S/C14H9F3N2/c15-10-5-12(17)13(6-11(10)16)19-7-8-3-1-2-4-9(8)14(19)18/h1-6,18H,7H2. The van der Waals surface area contributed by atoms with Crippen molar-refractivity contribution in [1.29, 1.82) is 5.41 Å². The van der Waals surface area contributed by atoms with Gasteiger partial charge in [0.05, 0.1) is 12.2 Å². The van der Waals surface area contributed by atoms with Crippen LogP contribution in [0, 0.1) is 22.9 Å². The first kappa shape index (κ1) is 11.8. The van der Waals surface area contributed by atoms with E-state index < -0.39 is 17.5 Å². The predicted octanol–water partition coefficient (Wildman–Crippen LogP) is 3.45.